The van der Waals surface area contributed by atoms with Gasteiger partial charge in [0.2, 0.25) is 0 Å². The summed E-state index contributed by atoms with van der Waals surface area (Å²) in [6.07, 6.45) is -0.195. The fraction of sp³-hybridized carbons (Fsp3) is 0.278. The minimum absolute atomic E-state index is 0.195. The number of hydrogen-bond acceptors (Lipinski definition) is 5. The average Bonchev–Trinajstić information content (AvgIpc) is 2.72. The average molecular weight is 313 g/mol. The van der Waals surface area contributed by atoms with Gasteiger partial charge >= 0.3 is 5.97 Å². The van der Waals surface area contributed by atoms with Gasteiger partial charge in [-0.05, 0) is 32.0 Å². The molecule has 5 heteroatoms. The van der Waals surface area contributed by atoms with Crippen LogP contribution in [0.4, 0.5) is 5.69 Å². The first-order valence-corrected chi connectivity index (χ1v) is 7.51. The van der Waals surface area contributed by atoms with E-state index in [1.165, 1.54) is 0 Å². The third-order valence-electron chi connectivity index (χ3n) is 3.53. The molecule has 1 aliphatic rings. The Morgan fingerprint density at radius 3 is 2.70 bits per heavy atom. The molecule has 0 saturated carbocycles. The molecule has 2 aromatic carbocycles. The second-order valence-electron chi connectivity index (χ2n) is 5.54. The summed E-state index contributed by atoms with van der Waals surface area (Å²) < 4.78 is 16.8. The van der Waals surface area contributed by atoms with Crippen molar-refractivity contribution >= 4 is 11.7 Å². The van der Waals surface area contributed by atoms with Crippen molar-refractivity contribution in [2.45, 2.75) is 26.5 Å². The lowest BCUT2D eigenvalue weighted by atomic mass is 10.1. The topological polar surface area (TPSA) is 56.8 Å². The smallest absolute Gasteiger partial charge is 0.342 e. The monoisotopic (exact) mass is 313 g/mol. The summed E-state index contributed by atoms with van der Waals surface area (Å²) in [5.41, 5.74) is 2.10. The van der Waals surface area contributed by atoms with Crippen LogP contribution in [0.3, 0.4) is 0 Å². The van der Waals surface area contributed by atoms with Gasteiger partial charge in [0.15, 0.2) is 17.2 Å². The molecule has 1 N–H and O–H groups in total. The zero-order chi connectivity index (χ0) is 16.4. The number of methoxy groups -OCH3 is 1. The molecule has 23 heavy (non-hydrogen) atoms. The van der Waals surface area contributed by atoms with Gasteiger partial charge < -0.3 is 19.5 Å². The maximum absolute atomic E-state index is 12.3. The molecule has 0 fully saturated rings. The van der Waals surface area contributed by atoms with E-state index in [4.69, 9.17) is 14.2 Å². The number of carbonyl (C=O) groups excluding carboxylic acids is 1. The standard InChI is InChI=1S/C18H19NO4/c1-11(2)22-18(20)13-7-5-8-14-17(13)23-16-12(10-19-14)6-4-9-15(16)21-3/h4-9,11,19H,10H2,1-3H3. The van der Waals surface area contributed by atoms with Gasteiger partial charge in [0, 0.05) is 12.1 Å². The molecular weight excluding hydrogens is 294 g/mol. The first-order valence-electron chi connectivity index (χ1n) is 7.51. The molecule has 1 heterocycles. The first-order chi connectivity index (χ1) is 11.1. The molecule has 0 aliphatic carbocycles. The van der Waals surface area contributed by atoms with E-state index in [0.717, 1.165) is 11.3 Å². The molecule has 0 amide bonds. The minimum Gasteiger partial charge on any atom is -0.493 e. The van der Waals surface area contributed by atoms with Crippen LogP contribution in [-0.4, -0.2) is 19.2 Å². The molecule has 0 unspecified atom stereocenters. The van der Waals surface area contributed by atoms with E-state index in [2.05, 4.69) is 5.32 Å². The summed E-state index contributed by atoms with van der Waals surface area (Å²) >= 11 is 0. The van der Waals surface area contributed by atoms with Gasteiger partial charge in [0.25, 0.3) is 0 Å². The first kappa shape index (κ1) is 15.2. The van der Waals surface area contributed by atoms with Crippen molar-refractivity contribution in [2.75, 3.05) is 12.4 Å². The van der Waals surface area contributed by atoms with E-state index < -0.39 is 5.97 Å². The Hall–Kier alpha value is -2.69. The van der Waals surface area contributed by atoms with Crippen LogP contribution in [0.25, 0.3) is 0 Å². The number of benzene rings is 2. The van der Waals surface area contributed by atoms with E-state index >= 15 is 0 Å². The number of esters is 1. The molecule has 2 aromatic rings. The summed E-state index contributed by atoms with van der Waals surface area (Å²) in [4.78, 5) is 12.3. The lowest BCUT2D eigenvalue weighted by Crippen LogP contribution is -2.13. The Bertz CT molecular complexity index is 740. The van der Waals surface area contributed by atoms with Gasteiger partial charge in [-0.1, -0.05) is 18.2 Å². The van der Waals surface area contributed by atoms with Crippen LogP contribution in [0, 0.1) is 0 Å². The highest BCUT2D eigenvalue weighted by Crippen LogP contribution is 2.42. The van der Waals surface area contributed by atoms with Crippen LogP contribution in [0.2, 0.25) is 0 Å². The van der Waals surface area contributed by atoms with Gasteiger partial charge in [-0.2, -0.15) is 0 Å². The molecule has 1 aliphatic heterocycles. The number of ether oxygens (including phenoxy) is 3. The summed E-state index contributed by atoms with van der Waals surface area (Å²) in [7, 11) is 1.59. The molecule has 0 bridgehead atoms. The number of nitrogens with one attached hydrogen (secondary N) is 1. The maximum Gasteiger partial charge on any atom is 0.342 e. The SMILES string of the molecule is COc1cccc2c1Oc1c(cccc1C(=O)OC(C)C)NC2. The molecule has 120 valence electrons. The summed E-state index contributed by atoms with van der Waals surface area (Å²) in [5, 5.41) is 3.29. The van der Waals surface area contributed by atoms with Crippen LogP contribution < -0.4 is 14.8 Å². The zero-order valence-corrected chi connectivity index (χ0v) is 13.4. The highest BCUT2D eigenvalue weighted by atomic mass is 16.5. The van der Waals surface area contributed by atoms with Crippen LogP contribution in [-0.2, 0) is 11.3 Å². The number of rotatable bonds is 3. The van der Waals surface area contributed by atoms with Crippen molar-refractivity contribution in [2.24, 2.45) is 0 Å². The fourth-order valence-electron chi connectivity index (χ4n) is 2.49. The minimum atomic E-state index is -0.406. The van der Waals surface area contributed by atoms with Crippen molar-refractivity contribution in [3.05, 3.63) is 47.5 Å². The summed E-state index contributed by atoms with van der Waals surface area (Å²) in [6, 6.07) is 11.1. The van der Waals surface area contributed by atoms with Crippen molar-refractivity contribution in [3.63, 3.8) is 0 Å². The number of fused-ring (bicyclic) bond motifs is 2. The third-order valence-corrected chi connectivity index (χ3v) is 3.53. The van der Waals surface area contributed by atoms with Crippen LogP contribution in [0.15, 0.2) is 36.4 Å². The van der Waals surface area contributed by atoms with Gasteiger partial charge in [-0.15, -0.1) is 0 Å². The predicted molar refractivity (Wildman–Crippen MR) is 87.4 cm³/mol. The zero-order valence-electron chi connectivity index (χ0n) is 13.4. The maximum atomic E-state index is 12.3. The van der Waals surface area contributed by atoms with Crippen molar-refractivity contribution in [1.29, 1.82) is 0 Å². The lowest BCUT2D eigenvalue weighted by Gasteiger charge is -2.15. The Labute approximate surface area is 135 Å². The van der Waals surface area contributed by atoms with Crippen LogP contribution >= 0.6 is 0 Å². The lowest BCUT2D eigenvalue weighted by molar-refractivity contribution is 0.0375. The van der Waals surface area contributed by atoms with Gasteiger partial charge in [-0.25, -0.2) is 4.79 Å². The number of anilines is 1. The van der Waals surface area contributed by atoms with E-state index in [0.29, 0.717) is 29.4 Å². The molecule has 5 nitrogen and oxygen atoms in total. The van der Waals surface area contributed by atoms with Gasteiger partial charge in [-0.3, -0.25) is 0 Å². The van der Waals surface area contributed by atoms with E-state index in [9.17, 15) is 4.79 Å². The molecule has 0 spiro atoms. The third kappa shape index (κ3) is 2.95. The quantitative estimate of drug-likeness (QED) is 0.869. The largest absolute Gasteiger partial charge is 0.493 e. The van der Waals surface area contributed by atoms with Crippen molar-refractivity contribution in [3.8, 4) is 17.2 Å². The Balaban J connectivity index is 2.07. The molecular formula is C18H19NO4. The normalized spacial score (nSPS) is 12.3. The second kappa shape index (κ2) is 6.20. The van der Waals surface area contributed by atoms with E-state index in [1.807, 2.05) is 38.1 Å². The number of para-hydroxylation sites is 2. The highest BCUT2D eigenvalue weighted by Gasteiger charge is 2.24. The second-order valence-corrected chi connectivity index (χ2v) is 5.54. The molecule has 3 rings (SSSR count). The summed E-state index contributed by atoms with van der Waals surface area (Å²) in [6.45, 7) is 4.22. The Morgan fingerprint density at radius 2 is 1.96 bits per heavy atom. The number of hydrogen-bond donors (Lipinski definition) is 1. The molecule has 0 saturated heterocycles. The highest BCUT2D eigenvalue weighted by molar-refractivity contribution is 5.95. The fourth-order valence-corrected chi connectivity index (χ4v) is 2.49. The molecule has 0 atom stereocenters. The van der Waals surface area contributed by atoms with Crippen LogP contribution in [0.1, 0.15) is 29.8 Å². The van der Waals surface area contributed by atoms with Crippen molar-refractivity contribution < 1.29 is 19.0 Å². The van der Waals surface area contributed by atoms with Gasteiger partial charge in [0.05, 0.1) is 18.9 Å². The summed E-state index contributed by atoms with van der Waals surface area (Å²) in [5.74, 6) is 1.30. The Morgan fingerprint density at radius 1 is 1.17 bits per heavy atom. The van der Waals surface area contributed by atoms with Crippen molar-refractivity contribution in [1.82, 2.24) is 0 Å². The van der Waals surface area contributed by atoms with Crippen LogP contribution in [0.5, 0.6) is 17.2 Å². The van der Waals surface area contributed by atoms with E-state index in [-0.39, 0.29) is 6.10 Å². The van der Waals surface area contributed by atoms with E-state index in [1.54, 1.807) is 19.2 Å². The molecule has 0 radical (unpaired) electrons. The molecule has 0 aromatic heterocycles. The van der Waals surface area contributed by atoms with Gasteiger partial charge in [0.1, 0.15) is 5.56 Å². The Kier molecular flexibility index (Phi) is 4.10. The predicted octanol–water partition coefficient (Wildman–Crippen LogP) is 3.98. The number of carbonyl (C=O) groups is 1.